The summed E-state index contributed by atoms with van der Waals surface area (Å²) >= 11 is 0. The van der Waals surface area contributed by atoms with E-state index in [-0.39, 0.29) is 23.4 Å². The van der Waals surface area contributed by atoms with Crippen LogP contribution in [-0.4, -0.2) is 56.8 Å². The lowest BCUT2D eigenvalue weighted by Crippen LogP contribution is -2.40. The average Bonchev–Trinajstić information content (AvgIpc) is 3.38. The highest BCUT2D eigenvalue weighted by molar-refractivity contribution is 7.89. The van der Waals surface area contributed by atoms with E-state index < -0.39 is 16.1 Å². The second-order valence-corrected chi connectivity index (χ2v) is 11.0. The van der Waals surface area contributed by atoms with Gasteiger partial charge in [-0.15, -0.1) is 0 Å². The third-order valence-electron chi connectivity index (χ3n) is 6.30. The van der Waals surface area contributed by atoms with Gasteiger partial charge in [0, 0.05) is 18.5 Å². The molecule has 0 aliphatic carbocycles. The lowest BCUT2D eigenvalue weighted by Gasteiger charge is -2.20. The number of nitrogens with one attached hydrogen (secondary N) is 3. The zero-order valence-corrected chi connectivity index (χ0v) is 22.1. The van der Waals surface area contributed by atoms with Gasteiger partial charge in [-0.1, -0.05) is 42.5 Å². The van der Waals surface area contributed by atoms with E-state index in [0.717, 1.165) is 24.3 Å². The number of hydrogen-bond donors (Lipinski definition) is 4. The van der Waals surface area contributed by atoms with Crippen LogP contribution in [0.1, 0.15) is 24.5 Å². The Hall–Kier alpha value is -3.89. The van der Waals surface area contributed by atoms with Crippen molar-refractivity contribution in [3.05, 3.63) is 90.0 Å². The van der Waals surface area contributed by atoms with Crippen LogP contribution in [0.4, 0.5) is 0 Å². The molecule has 5 N–H and O–H groups in total. The maximum absolute atomic E-state index is 13.1. The Morgan fingerprint density at radius 3 is 2.45 bits per heavy atom. The summed E-state index contributed by atoms with van der Waals surface area (Å²) in [7, 11) is -3.77. The van der Waals surface area contributed by atoms with Crippen LogP contribution in [0.3, 0.4) is 0 Å². The largest absolute Gasteiger partial charge is 0.492 e. The molecule has 1 fully saturated rings. The first-order chi connectivity index (χ1) is 18.2. The molecule has 1 saturated heterocycles. The van der Waals surface area contributed by atoms with Gasteiger partial charge in [0.1, 0.15) is 30.0 Å². The number of nitrogens with two attached hydrogens (primary N) is 1. The third-order valence-corrected chi connectivity index (χ3v) is 7.84. The van der Waals surface area contributed by atoms with Crippen LogP contribution < -0.4 is 19.9 Å². The first-order valence-electron chi connectivity index (χ1n) is 12.4. The van der Waals surface area contributed by atoms with Crippen LogP contribution in [0, 0.1) is 10.8 Å². The maximum Gasteiger partial charge on any atom is 0.240 e. The van der Waals surface area contributed by atoms with Crippen molar-refractivity contribution in [1.29, 1.82) is 10.8 Å². The van der Waals surface area contributed by atoms with Gasteiger partial charge in [-0.25, -0.2) is 13.1 Å². The smallest absolute Gasteiger partial charge is 0.240 e. The molecule has 1 heterocycles. The van der Waals surface area contributed by atoms with E-state index in [1.54, 1.807) is 61.5 Å². The van der Waals surface area contributed by atoms with Gasteiger partial charge >= 0.3 is 0 Å². The van der Waals surface area contributed by atoms with E-state index >= 15 is 0 Å². The predicted molar refractivity (Wildman–Crippen MR) is 148 cm³/mol. The molecule has 3 aromatic carbocycles. The Labute approximate surface area is 223 Å². The highest BCUT2D eigenvalue weighted by Crippen LogP contribution is 2.21. The Morgan fingerprint density at radius 1 is 1.05 bits per heavy atom. The van der Waals surface area contributed by atoms with Crippen molar-refractivity contribution in [3.8, 4) is 11.5 Å². The third kappa shape index (κ3) is 7.33. The summed E-state index contributed by atoms with van der Waals surface area (Å²) in [6.07, 6.45) is 1.29. The topological polar surface area (TPSA) is 142 Å². The molecule has 38 heavy (non-hydrogen) atoms. The standard InChI is InChI=1S/C28H33N5O4S/c1-20(29)33-15-14-26(18-33)37-24-12-10-21(11-13-24)16-23(32-38(34,35)27-8-3-2-4-9-27)19-36-25-7-5-6-22(17-25)28(30)31/h2-13,17,23,26,29,32H,14-16,18-19H2,1H3,(H3,30,31)/t23?,26-/m0/s1. The molecule has 10 heteroatoms. The van der Waals surface area contributed by atoms with E-state index in [9.17, 15) is 8.42 Å². The maximum atomic E-state index is 13.1. The van der Waals surface area contributed by atoms with Crippen LogP contribution in [0.15, 0.2) is 83.8 Å². The Kier molecular flexibility index (Phi) is 8.65. The quantitative estimate of drug-likeness (QED) is 0.219. The van der Waals surface area contributed by atoms with Crippen LogP contribution >= 0.6 is 0 Å². The molecule has 4 rings (SSSR count). The number of amidine groups is 2. The number of ether oxygens (including phenoxy) is 2. The molecule has 0 saturated carbocycles. The van der Waals surface area contributed by atoms with Crippen molar-refractivity contribution in [2.45, 2.75) is 36.8 Å². The van der Waals surface area contributed by atoms with Crippen molar-refractivity contribution in [2.24, 2.45) is 5.73 Å². The fourth-order valence-electron chi connectivity index (χ4n) is 4.28. The lowest BCUT2D eigenvalue weighted by atomic mass is 10.1. The number of rotatable bonds is 11. The zero-order valence-electron chi connectivity index (χ0n) is 21.3. The minimum atomic E-state index is -3.77. The van der Waals surface area contributed by atoms with Crippen molar-refractivity contribution in [2.75, 3.05) is 19.7 Å². The molecule has 0 bridgehead atoms. The second kappa shape index (κ2) is 12.1. The highest BCUT2D eigenvalue weighted by atomic mass is 32.2. The monoisotopic (exact) mass is 535 g/mol. The number of nitrogens with zero attached hydrogens (tertiary/aromatic N) is 1. The summed E-state index contributed by atoms with van der Waals surface area (Å²) in [4.78, 5) is 2.17. The summed E-state index contributed by atoms with van der Waals surface area (Å²) in [5, 5.41) is 15.4. The molecule has 0 spiro atoms. The van der Waals surface area contributed by atoms with Gasteiger partial charge in [-0.05, 0) is 55.3 Å². The van der Waals surface area contributed by atoms with E-state index in [2.05, 4.69) is 4.72 Å². The van der Waals surface area contributed by atoms with Gasteiger partial charge in [-0.3, -0.25) is 10.8 Å². The first-order valence-corrected chi connectivity index (χ1v) is 13.9. The van der Waals surface area contributed by atoms with Crippen LogP contribution in [0.2, 0.25) is 0 Å². The molecule has 1 aliphatic heterocycles. The minimum absolute atomic E-state index is 0.0331. The molecular formula is C28H33N5O4S. The number of likely N-dealkylation sites (tertiary alicyclic amines) is 1. The Bertz CT molecular complexity index is 1360. The molecule has 0 amide bonds. The van der Waals surface area contributed by atoms with Crippen molar-refractivity contribution < 1.29 is 17.9 Å². The number of hydrogen-bond acceptors (Lipinski definition) is 6. The van der Waals surface area contributed by atoms with Gasteiger partial charge in [0.25, 0.3) is 0 Å². The molecular weight excluding hydrogens is 502 g/mol. The molecule has 1 unspecified atom stereocenters. The minimum Gasteiger partial charge on any atom is -0.492 e. The van der Waals surface area contributed by atoms with E-state index in [4.69, 9.17) is 26.0 Å². The van der Waals surface area contributed by atoms with Crippen LogP contribution in [-0.2, 0) is 16.4 Å². The summed E-state index contributed by atoms with van der Waals surface area (Å²) in [5.74, 6) is 1.71. The molecule has 3 aromatic rings. The second-order valence-electron chi connectivity index (χ2n) is 9.29. The van der Waals surface area contributed by atoms with Crippen molar-refractivity contribution >= 4 is 21.7 Å². The fourth-order valence-corrected chi connectivity index (χ4v) is 5.52. The van der Waals surface area contributed by atoms with Gasteiger partial charge in [0.15, 0.2) is 0 Å². The Morgan fingerprint density at radius 2 is 1.79 bits per heavy atom. The van der Waals surface area contributed by atoms with E-state index in [1.165, 1.54) is 0 Å². The molecule has 0 radical (unpaired) electrons. The predicted octanol–water partition coefficient (Wildman–Crippen LogP) is 3.39. The van der Waals surface area contributed by atoms with Crippen LogP contribution in [0.25, 0.3) is 0 Å². The van der Waals surface area contributed by atoms with Gasteiger partial charge in [-0.2, -0.15) is 0 Å². The first kappa shape index (κ1) is 27.2. The molecule has 0 aromatic heterocycles. The van der Waals surface area contributed by atoms with E-state index in [0.29, 0.717) is 30.1 Å². The summed E-state index contributed by atoms with van der Waals surface area (Å²) in [6.45, 7) is 3.37. The summed E-state index contributed by atoms with van der Waals surface area (Å²) in [5.41, 5.74) is 7.03. The van der Waals surface area contributed by atoms with Crippen molar-refractivity contribution in [1.82, 2.24) is 9.62 Å². The lowest BCUT2D eigenvalue weighted by molar-refractivity contribution is 0.214. The zero-order chi connectivity index (χ0) is 27.1. The molecule has 200 valence electrons. The number of benzene rings is 3. The SMILES string of the molecule is CC(=N)N1CC[C@H](Oc2ccc(CC(COc3cccc(C(=N)N)c3)NS(=O)(=O)c3ccccc3)cc2)C1. The fraction of sp³-hybridized carbons (Fsp3) is 0.286. The number of sulfonamides is 1. The van der Waals surface area contributed by atoms with E-state index in [1.807, 2.05) is 29.2 Å². The molecule has 1 aliphatic rings. The van der Waals surface area contributed by atoms with Gasteiger partial charge in [0.05, 0.1) is 23.3 Å². The number of nitrogen functional groups attached to an aromatic ring is 1. The van der Waals surface area contributed by atoms with Crippen molar-refractivity contribution in [3.63, 3.8) is 0 Å². The normalized spacial score (nSPS) is 16.1. The van der Waals surface area contributed by atoms with Crippen LogP contribution in [0.5, 0.6) is 11.5 Å². The summed E-state index contributed by atoms with van der Waals surface area (Å²) in [6, 6.07) is 22.1. The molecule has 9 nitrogen and oxygen atoms in total. The highest BCUT2D eigenvalue weighted by Gasteiger charge is 2.25. The molecule has 2 atom stereocenters. The summed E-state index contributed by atoms with van der Waals surface area (Å²) < 4.78 is 40.9. The average molecular weight is 536 g/mol. The van der Waals surface area contributed by atoms with Gasteiger partial charge in [0.2, 0.25) is 10.0 Å². The van der Waals surface area contributed by atoms with Gasteiger partial charge < -0.3 is 20.1 Å². The Balaban J connectivity index is 1.45.